The number of rotatable bonds is 7. The van der Waals surface area contributed by atoms with Crippen LogP contribution < -0.4 is 10.6 Å². The first-order valence-electron chi connectivity index (χ1n) is 9.18. The zero-order chi connectivity index (χ0) is 20.9. The maximum absolute atomic E-state index is 12.9. The van der Waals surface area contributed by atoms with Crippen molar-refractivity contribution >= 4 is 27.5 Å². The van der Waals surface area contributed by atoms with Gasteiger partial charge >= 0.3 is 0 Å². The number of anilines is 1. The minimum absolute atomic E-state index is 0.0336. The van der Waals surface area contributed by atoms with Gasteiger partial charge in [0.05, 0.1) is 24.4 Å². The molecule has 10 heteroatoms. The van der Waals surface area contributed by atoms with Crippen LogP contribution in [0.5, 0.6) is 0 Å². The van der Waals surface area contributed by atoms with Gasteiger partial charge in [0.1, 0.15) is 0 Å². The molecule has 3 rings (SSSR count). The highest BCUT2D eigenvalue weighted by Gasteiger charge is 2.28. The number of morpholine rings is 1. The summed E-state index contributed by atoms with van der Waals surface area (Å²) in [5.41, 5.74) is 0.977. The summed E-state index contributed by atoms with van der Waals surface area (Å²) < 4.78 is 37.4. The molecule has 1 aliphatic rings. The van der Waals surface area contributed by atoms with Gasteiger partial charge in [-0.2, -0.15) is 4.31 Å². The van der Waals surface area contributed by atoms with Crippen LogP contribution in [-0.2, 0) is 19.6 Å². The van der Waals surface area contributed by atoms with Gasteiger partial charge in [0.25, 0.3) is 5.91 Å². The van der Waals surface area contributed by atoms with Gasteiger partial charge in [-0.3, -0.25) is 9.59 Å². The predicted molar refractivity (Wildman–Crippen MR) is 105 cm³/mol. The van der Waals surface area contributed by atoms with Crippen LogP contribution in [0.4, 0.5) is 5.69 Å². The molecule has 2 heterocycles. The second-order valence-corrected chi connectivity index (χ2v) is 8.43. The van der Waals surface area contributed by atoms with Gasteiger partial charge in [-0.1, -0.05) is 6.07 Å². The van der Waals surface area contributed by atoms with Crippen molar-refractivity contribution in [3.63, 3.8) is 0 Å². The molecule has 0 bridgehead atoms. The lowest BCUT2D eigenvalue weighted by Gasteiger charge is -2.26. The number of benzene rings is 1. The maximum Gasteiger partial charge on any atom is 0.286 e. The van der Waals surface area contributed by atoms with E-state index in [4.69, 9.17) is 9.15 Å². The van der Waals surface area contributed by atoms with E-state index in [0.717, 1.165) is 0 Å². The molecular weight excluding hydrogens is 398 g/mol. The monoisotopic (exact) mass is 421 g/mol. The molecule has 2 N–H and O–H groups in total. The standard InChI is InChI=1S/C19H23N3O6S/c1-14-4-5-15(13-17(14)29(25,26)22-8-11-27-12-9-22)21-18(23)6-7-20-19(24)16-3-2-10-28-16/h2-5,10,13H,6-9,11-12H2,1H3,(H,20,24)(H,21,23). The number of nitrogens with zero attached hydrogens (tertiary/aromatic N) is 1. The second-order valence-electron chi connectivity index (χ2n) is 6.53. The summed E-state index contributed by atoms with van der Waals surface area (Å²) in [6.07, 6.45) is 1.42. The Morgan fingerprint density at radius 2 is 1.93 bits per heavy atom. The molecule has 156 valence electrons. The van der Waals surface area contributed by atoms with E-state index in [1.807, 2.05) is 0 Å². The van der Waals surface area contributed by atoms with Crippen LogP contribution in [0.1, 0.15) is 22.5 Å². The quantitative estimate of drug-likeness (QED) is 0.697. The zero-order valence-electron chi connectivity index (χ0n) is 16.0. The van der Waals surface area contributed by atoms with Gasteiger partial charge in [0, 0.05) is 31.7 Å². The first-order valence-corrected chi connectivity index (χ1v) is 10.6. The van der Waals surface area contributed by atoms with Crippen molar-refractivity contribution in [1.29, 1.82) is 0 Å². The van der Waals surface area contributed by atoms with Crippen LogP contribution in [0.25, 0.3) is 0 Å². The molecule has 0 spiro atoms. The average molecular weight is 421 g/mol. The van der Waals surface area contributed by atoms with Crippen LogP contribution in [0, 0.1) is 6.92 Å². The number of nitrogens with one attached hydrogen (secondary N) is 2. The Kier molecular flexibility index (Phi) is 6.68. The smallest absolute Gasteiger partial charge is 0.286 e. The first kappa shape index (κ1) is 21.0. The minimum atomic E-state index is -3.67. The predicted octanol–water partition coefficient (Wildman–Crippen LogP) is 1.37. The third-order valence-electron chi connectivity index (χ3n) is 4.44. The highest BCUT2D eigenvalue weighted by molar-refractivity contribution is 7.89. The second kappa shape index (κ2) is 9.21. The van der Waals surface area contributed by atoms with Crippen molar-refractivity contribution in [2.45, 2.75) is 18.2 Å². The van der Waals surface area contributed by atoms with E-state index in [2.05, 4.69) is 10.6 Å². The highest BCUT2D eigenvalue weighted by Crippen LogP contribution is 2.24. The SMILES string of the molecule is Cc1ccc(NC(=O)CCNC(=O)c2ccco2)cc1S(=O)(=O)N1CCOCC1. The van der Waals surface area contributed by atoms with E-state index >= 15 is 0 Å². The summed E-state index contributed by atoms with van der Waals surface area (Å²) in [6, 6.07) is 7.88. The molecule has 2 aromatic rings. The molecule has 1 aromatic carbocycles. The molecule has 0 atom stereocenters. The topological polar surface area (TPSA) is 118 Å². The van der Waals surface area contributed by atoms with E-state index in [9.17, 15) is 18.0 Å². The summed E-state index contributed by atoms with van der Waals surface area (Å²) in [4.78, 5) is 24.1. The summed E-state index contributed by atoms with van der Waals surface area (Å²) in [5, 5.41) is 5.25. The van der Waals surface area contributed by atoms with E-state index in [0.29, 0.717) is 37.6 Å². The summed E-state index contributed by atoms with van der Waals surface area (Å²) in [5.74, 6) is -0.581. The van der Waals surface area contributed by atoms with Crippen molar-refractivity contribution in [3.05, 3.63) is 47.9 Å². The van der Waals surface area contributed by atoms with Crippen molar-refractivity contribution in [2.24, 2.45) is 0 Å². The van der Waals surface area contributed by atoms with Crippen molar-refractivity contribution in [2.75, 3.05) is 38.2 Å². The Morgan fingerprint density at radius 1 is 1.17 bits per heavy atom. The normalized spacial score (nSPS) is 15.1. The van der Waals surface area contributed by atoms with E-state index < -0.39 is 15.9 Å². The Morgan fingerprint density at radius 3 is 2.62 bits per heavy atom. The molecule has 0 aliphatic carbocycles. The largest absolute Gasteiger partial charge is 0.459 e. The number of hydrogen-bond acceptors (Lipinski definition) is 6. The molecule has 2 amide bonds. The van der Waals surface area contributed by atoms with Crippen LogP contribution in [0.3, 0.4) is 0 Å². The van der Waals surface area contributed by atoms with Gasteiger partial charge in [-0.15, -0.1) is 0 Å². The fourth-order valence-corrected chi connectivity index (χ4v) is 4.55. The Hall–Kier alpha value is -2.69. The van der Waals surface area contributed by atoms with Gasteiger partial charge < -0.3 is 19.8 Å². The molecular formula is C19H23N3O6S. The van der Waals surface area contributed by atoms with E-state index in [1.54, 1.807) is 25.1 Å². The molecule has 9 nitrogen and oxygen atoms in total. The number of ether oxygens (including phenoxy) is 1. The fraction of sp³-hybridized carbons (Fsp3) is 0.368. The third-order valence-corrected chi connectivity index (χ3v) is 6.48. The Balaban J connectivity index is 1.60. The number of carbonyl (C=O) groups excluding carboxylic acids is 2. The van der Waals surface area contributed by atoms with Crippen LogP contribution >= 0.6 is 0 Å². The third kappa shape index (κ3) is 5.22. The molecule has 1 aliphatic heterocycles. The van der Waals surface area contributed by atoms with Crippen molar-refractivity contribution in [3.8, 4) is 0 Å². The molecule has 1 fully saturated rings. The summed E-state index contributed by atoms with van der Waals surface area (Å²) in [7, 11) is -3.67. The molecule has 1 aromatic heterocycles. The van der Waals surface area contributed by atoms with Gasteiger partial charge in [-0.25, -0.2) is 8.42 Å². The highest BCUT2D eigenvalue weighted by atomic mass is 32.2. The van der Waals surface area contributed by atoms with E-state index in [-0.39, 0.29) is 29.5 Å². The van der Waals surface area contributed by atoms with E-state index in [1.165, 1.54) is 22.7 Å². The summed E-state index contributed by atoms with van der Waals surface area (Å²) in [6.45, 7) is 3.15. The van der Waals surface area contributed by atoms with Gasteiger partial charge in [-0.05, 0) is 36.8 Å². The van der Waals surface area contributed by atoms with Crippen molar-refractivity contribution in [1.82, 2.24) is 9.62 Å². The zero-order valence-corrected chi connectivity index (χ0v) is 16.8. The Labute approximate surface area is 169 Å². The molecule has 0 radical (unpaired) electrons. The van der Waals surface area contributed by atoms with Crippen LogP contribution in [0.2, 0.25) is 0 Å². The number of carbonyl (C=O) groups is 2. The molecule has 0 saturated carbocycles. The number of furan rings is 1. The van der Waals surface area contributed by atoms with Gasteiger partial charge in [0.15, 0.2) is 5.76 Å². The van der Waals surface area contributed by atoms with Gasteiger partial charge in [0.2, 0.25) is 15.9 Å². The number of aryl methyl sites for hydroxylation is 1. The maximum atomic E-state index is 12.9. The average Bonchev–Trinajstić information content (AvgIpc) is 3.25. The lowest BCUT2D eigenvalue weighted by atomic mass is 10.2. The first-order chi connectivity index (χ1) is 13.9. The Bertz CT molecular complexity index is 966. The number of sulfonamides is 1. The molecule has 29 heavy (non-hydrogen) atoms. The fourth-order valence-electron chi connectivity index (χ4n) is 2.89. The lowest BCUT2D eigenvalue weighted by Crippen LogP contribution is -2.40. The number of hydrogen-bond donors (Lipinski definition) is 2. The summed E-state index contributed by atoms with van der Waals surface area (Å²) >= 11 is 0. The molecule has 0 unspecified atom stereocenters. The number of amides is 2. The lowest BCUT2D eigenvalue weighted by molar-refractivity contribution is -0.116. The van der Waals surface area contributed by atoms with Crippen molar-refractivity contribution < 1.29 is 27.2 Å². The van der Waals surface area contributed by atoms with Crippen LogP contribution in [0.15, 0.2) is 45.9 Å². The molecule has 1 saturated heterocycles. The van der Waals surface area contributed by atoms with Crippen LogP contribution in [-0.4, -0.2) is 57.4 Å². The minimum Gasteiger partial charge on any atom is -0.459 e.